The van der Waals surface area contributed by atoms with Gasteiger partial charge in [0.15, 0.2) is 0 Å². The van der Waals surface area contributed by atoms with Gasteiger partial charge < -0.3 is 15.2 Å². The summed E-state index contributed by atoms with van der Waals surface area (Å²) in [5, 5.41) is 0.698. The number of sulfonamides is 1. The van der Waals surface area contributed by atoms with Gasteiger partial charge >= 0.3 is 6.09 Å². The Morgan fingerprint density at radius 2 is 2.03 bits per heavy atom. The minimum Gasteiger partial charge on any atom is -0.492 e. The van der Waals surface area contributed by atoms with Crippen molar-refractivity contribution in [1.29, 1.82) is 0 Å². The molecule has 2 aromatic rings. The van der Waals surface area contributed by atoms with E-state index in [0.717, 1.165) is 31.2 Å². The minimum absolute atomic E-state index is 0.0396. The summed E-state index contributed by atoms with van der Waals surface area (Å²) in [6.07, 6.45) is 2.68. The molecular formula is C24H31ClN2O5S. The Morgan fingerprint density at radius 3 is 2.76 bits per heavy atom. The third-order valence-corrected chi connectivity index (χ3v) is 7.66. The molecule has 2 aromatic carbocycles. The van der Waals surface area contributed by atoms with E-state index < -0.39 is 16.1 Å². The Labute approximate surface area is 200 Å². The molecule has 1 aliphatic carbocycles. The van der Waals surface area contributed by atoms with E-state index in [1.807, 2.05) is 24.3 Å². The molecule has 0 saturated heterocycles. The van der Waals surface area contributed by atoms with Gasteiger partial charge in [-0.25, -0.2) is 17.9 Å². The Hall–Kier alpha value is -2.29. The number of fused-ring (bicyclic) bond motifs is 1. The fraction of sp³-hybridized carbons (Fsp3) is 0.458. The van der Waals surface area contributed by atoms with Crippen LogP contribution in [0.3, 0.4) is 0 Å². The van der Waals surface area contributed by atoms with Gasteiger partial charge in [-0.1, -0.05) is 29.8 Å². The molecule has 1 aliphatic rings. The number of primary amides is 1. The SMILES string of the molecule is CCS(=O)(=O)NCCOc1ccc2c(c1)C(Cc1cccc(Cl)c1)C(CCOC(N)=O)CC2. The van der Waals surface area contributed by atoms with Gasteiger partial charge in [0, 0.05) is 11.6 Å². The Kier molecular flexibility index (Phi) is 9.00. The van der Waals surface area contributed by atoms with Crippen LogP contribution in [0.25, 0.3) is 0 Å². The predicted molar refractivity (Wildman–Crippen MR) is 129 cm³/mol. The second-order valence-corrected chi connectivity index (χ2v) is 10.7. The number of carbonyl (C=O) groups is 1. The van der Waals surface area contributed by atoms with Crippen LogP contribution in [0.5, 0.6) is 5.75 Å². The van der Waals surface area contributed by atoms with Crippen LogP contribution in [0.15, 0.2) is 42.5 Å². The van der Waals surface area contributed by atoms with E-state index in [2.05, 4.69) is 22.9 Å². The van der Waals surface area contributed by atoms with Crippen LogP contribution < -0.4 is 15.2 Å². The highest BCUT2D eigenvalue weighted by molar-refractivity contribution is 7.89. The number of rotatable bonds is 11. The van der Waals surface area contributed by atoms with Crippen molar-refractivity contribution in [3.05, 3.63) is 64.2 Å². The lowest BCUT2D eigenvalue weighted by Gasteiger charge is -2.34. The summed E-state index contributed by atoms with van der Waals surface area (Å²) in [6.45, 7) is 2.34. The number of amides is 1. The summed E-state index contributed by atoms with van der Waals surface area (Å²) < 4.78 is 36.6. The van der Waals surface area contributed by atoms with E-state index in [4.69, 9.17) is 26.8 Å². The van der Waals surface area contributed by atoms with Crippen LogP contribution in [-0.2, 0) is 27.6 Å². The lowest BCUT2D eigenvalue weighted by Crippen LogP contribution is -2.29. The van der Waals surface area contributed by atoms with E-state index in [1.54, 1.807) is 6.92 Å². The number of halogens is 1. The molecule has 0 radical (unpaired) electrons. The van der Waals surface area contributed by atoms with E-state index >= 15 is 0 Å². The second kappa shape index (κ2) is 11.7. The molecule has 0 bridgehead atoms. The smallest absolute Gasteiger partial charge is 0.404 e. The average Bonchev–Trinajstić information content (AvgIpc) is 2.78. The Morgan fingerprint density at radius 1 is 1.21 bits per heavy atom. The predicted octanol–water partition coefficient (Wildman–Crippen LogP) is 4.03. The number of hydrogen-bond donors (Lipinski definition) is 2. The number of hydrogen-bond acceptors (Lipinski definition) is 5. The summed E-state index contributed by atoms with van der Waals surface area (Å²) in [4.78, 5) is 11.0. The molecule has 3 rings (SSSR count). The number of benzene rings is 2. The Balaban J connectivity index is 1.77. The number of nitrogens with one attached hydrogen (secondary N) is 1. The zero-order chi connectivity index (χ0) is 23.8. The second-order valence-electron chi connectivity index (χ2n) is 8.20. The van der Waals surface area contributed by atoms with Crippen molar-refractivity contribution in [2.45, 2.75) is 38.5 Å². The third-order valence-electron chi connectivity index (χ3n) is 6.02. The van der Waals surface area contributed by atoms with E-state index in [9.17, 15) is 13.2 Å². The number of nitrogens with two attached hydrogens (primary N) is 1. The van der Waals surface area contributed by atoms with Gasteiger partial charge in [0.1, 0.15) is 12.4 Å². The van der Waals surface area contributed by atoms with E-state index in [-0.39, 0.29) is 31.4 Å². The third kappa shape index (κ3) is 7.62. The molecule has 33 heavy (non-hydrogen) atoms. The molecule has 0 aliphatic heterocycles. The zero-order valence-corrected chi connectivity index (χ0v) is 20.3. The monoisotopic (exact) mass is 494 g/mol. The molecule has 2 atom stereocenters. The van der Waals surface area contributed by atoms with Crippen LogP contribution in [-0.4, -0.2) is 40.0 Å². The first kappa shape index (κ1) is 25.3. The maximum Gasteiger partial charge on any atom is 0.404 e. The van der Waals surface area contributed by atoms with Crippen molar-refractivity contribution in [1.82, 2.24) is 4.72 Å². The molecule has 180 valence electrons. The van der Waals surface area contributed by atoms with Gasteiger partial charge in [-0.3, -0.25) is 0 Å². The summed E-state index contributed by atoms with van der Waals surface area (Å²) in [7, 11) is -3.24. The van der Waals surface area contributed by atoms with Crippen molar-refractivity contribution in [2.75, 3.05) is 25.5 Å². The zero-order valence-electron chi connectivity index (χ0n) is 18.8. The van der Waals surface area contributed by atoms with Gasteiger partial charge in [0.25, 0.3) is 0 Å². The maximum absolute atomic E-state index is 11.6. The number of ether oxygens (including phenoxy) is 2. The van der Waals surface area contributed by atoms with Crippen molar-refractivity contribution >= 4 is 27.7 Å². The molecular weight excluding hydrogens is 464 g/mol. The van der Waals surface area contributed by atoms with Crippen LogP contribution >= 0.6 is 11.6 Å². The summed E-state index contributed by atoms with van der Waals surface area (Å²) in [5.41, 5.74) is 8.76. The standard InChI is InChI=1S/C24H31ClN2O5S/c1-2-33(29,30)27-11-13-31-21-9-8-18-6-7-19(10-12-32-24(26)28)22(23(18)16-21)15-17-4-3-5-20(25)14-17/h3-5,8-9,14,16,19,22,27H,2,6-7,10-13,15H2,1H3,(H2,26,28). The van der Waals surface area contributed by atoms with Crippen LogP contribution in [0.1, 0.15) is 42.4 Å². The van der Waals surface area contributed by atoms with Crippen molar-refractivity contribution in [2.24, 2.45) is 11.7 Å². The summed E-state index contributed by atoms with van der Waals surface area (Å²) in [5.74, 6) is 1.25. The van der Waals surface area contributed by atoms with Gasteiger partial charge in [0.2, 0.25) is 10.0 Å². The van der Waals surface area contributed by atoms with Gasteiger partial charge in [-0.15, -0.1) is 0 Å². The maximum atomic E-state index is 11.6. The van der Waals surface area contributed by atoms with Crippen molar-refractivity contribution in [3.63, 3.8) is 0 Å². The number of aryl methyl sites for hydroxylation is 1. The first-order valence-electron chi connectivity index (χ1n) is 11.2. The molecule has 7 nitrogen and oxygen atoms in total. The van der Waals surface area contributed by atoms with Crippen LogP contribution in [0.2, 0.25) is 5.02 Å². The van der Waals surface area contributed by atoms with Gasteiger partial charge in [0.05, 0.1) is 12.4 Å². The highest BCUT2D eigenvalue weighted by atomic mass is 35.5. The quantitative estimate of drug-likeness (QED) is 0.458. The molecule has 0 fully saturated rings. The topological polar surface area (TPSA) is 108 Å². The molecule has 0 spiro atoms. The molecule has 0 aromatic heterocycles. The molecule has 0 heterocycles. The van der Waals surface area contributed by atoms with Crippen molar-refractivity contribution in [3.8, 4) is 5.75 Å². The lowest BCUT2D eigenvalue weighted by molar-refractivity contribution is 0.143. The average molecular weight is 495 g/mol. The summed E-state index contributed by atoms with van der Waals surface area (Å²) in [6, 6.07) is 13.9. The highest BCUT2D eigenvalue weighted by Gasteiger charge is 2.30. The first-order chi connectivity index (χ1) is 15.8. The van der Waals surface area contributed by atoms with E-state index in [1.165, 1.54) is 11.1 Å². The largest absolute Gasteiger partial charge is 0.492 e. The van der Waals surface area contributed by atoms with E-state index in [0.29, 0.717) is 16.7 Å². The highest BCUT2D eigenvalue weighted by Crippen LogP contribution is 2.42. The van der Waals surface area contributed by atoms with Crippen molar-refractivity contribution < 1.29 is 22.7 Å². The van der Waals surface area contributed by atoms with Gasteiger partial charge in [-0.2, -0.15) is 0 Å². The Bertz CT molecular complexity index is 1060. The minimum atomic E-state index is -3.24. The lowest BCUT2D eigenvalue weighted by atomic mass is 9.71. The molecule has 9 heteroatoms. The van der Waals surface area contributed by atoms with Gasteiger partial charge in [-0.05, 0) is 85.4 Å². The van der Waals surface area contributed by atoms with Crippen LogP contribution in [0, 0.1) is 5.92 Å². The normalized spacial score (nSPS) is 17.9. The fourth-order valence-electron chi connectivity index (χ4n) is 4.35. The summed E-state index contributed by atoms with van der Waals surface area (Å²) >= 11 is 6.22. The molecule has 1 amide bonds. The fourth-order valence-corrected chi connectivity index (χ4v) is 5.16. The molecule has 0 saturated carbocycles. The first-order valence-corrected chi connectivity index (χ1v) is 13.2. The van der Waals surface area contributed by atoms with Crippen LogP contribution in [0.4, 0.5) is 4.79 Å². The number of carbonyl (C=O) groups excluding carboxylic acids is 1. The molecule has 2 unspecified atom stereocenters. The molecule has 3 N–H and O–H groups in total.